The summed E-state index contributed by atoms with van der Waals surface area (Å²) in [5.41, 5.74) is 3.07. The largest absolute Gasteiger partial charge is 0.497 e. The summed E-state index contributed by atoms with van der Waals surface area (Å²) < 4.78 is 10.8. The molecule has 2 heterocycles. The van der Waals surface area contributed by atoms with Gasteiger partial charge in [0.15, 0.2) is 11.3 Å². The Labute approximate surface area is 176 Å². The van der Waals surface area contributed by atoms with Crippen molar-refractivity contribution in [1.82, 2.24) is 20.4 Å². The van der Waals surface area contributed by atoms with Gasteiger partial charge in [-0.1, -0.05) is 44.7 Å². The molecule has 156 valence electrons. The molecule has 1 atom stereocenters. The fourth-order valence-electron chi connectivity index (χ4n) is 3.48. The van der Waals surface area contributed by atoms with E-state index in [1.165, 1.54) is 6.42 Å². The number of aromatic amines is 1. The third-order valence-corrected chi connectivity index (χ3v) is 5.31. The fourth-order valence-corrected chi connectivity index (χ4v) is 3.73. The van der Waals surface area contributed by atoms with Crippen molar-refractivity contribution in [2.24, 2.45) is 0 Å². The van der Waals surface area contributed by atoms with E-state index in [1.54, 1.807) is 26.4 Å². The van der Waals surface area contributed by atoms with Gasteiger partial charge in [0.25, 0.3) is 0 Å². The molecule has 1 aromatic carbocycles. The average molecular weight is 418 g/mol. The number of fused-ring (bicyclic) bond motifs is 1. The SMILES string of the molecule is CCCCC(CCC)c1cc2n[nH]nc2c(Nc2c(Cl)cc(OC)cc2OC)n1. The third-order valence-electron chi connectivity index (χ3n) is 5.01. The second kappa shape index (κ2) is 9.78. The van der Waals surface area contributed by atoms with E-state index in [-0.39, 0.29) is 0 Å². The second-order valence-corrected chi connectivity index (χ2v) is 7.43. The van der Waals surface area contributed by atoms with Crippen molar-refractivity contribution in [3.05, 3.63) is 28.9 Å². The van der Waals surface area contributed by atoms with E-state index in [1.807, 2.05) is 6.07 Å². The minimum atomic E-state index is 0.384. The van der Waals surface area contributed by atoms with Crippen molar-refractivity contribution in [3.8, 4) is 11.5 Å². The highest BCUT2D eigenvalue weighted by Crippen LogP contribution is 2.39. The number of H-pyrrole nitrogens is 1. The average Bonchev–Trinajstić information content (AvgIpc) is 3.21. The molecule has 0 radical (unpaired) electrons. The molecule has 1 unspecified atom stereocenters. The van der Waals surface area contributed by atoms with Crippen LogP contribution in [0.15, 0.2) is 18.2 Å². The van der Waals surface area contributed by atoms with Crippen LogP contribution in [0.25, 0.3) is 11.0 Å². The zero-order valence-corrected chi connectivity index (χ0v) is 18.1. The van der Waals surface area contributed by atoms with Gasteiger partial charge in [0.2, 0.25) is 0 Å². The van der Waals surface area contributed by atoms with E-state index in [4.69, 9.17) is 26.1 Å². The number of rotatable bonds is 10. The van der Waals surface area contributed by atoms with Crippen molar-refractivity contribution >= 4 is 34.1 Å². The van der Waals surface area contributed by atoms with E-state index in [2.05, 4.69) is 34.6 Å². The van der Waals surface area contributed by atoms with Crippen molar-refractivity contribution in [1.29, 1.82) is 0 Å². The number of nitrogens with zero attached hydrogens (tertiary/aromatic N) is 3. The fraction of sp³-hybridized carbons (Fsp3) is 0.476. The van der Waals surface area contributed by atoms with Crippen LogP contribution in [0.1, 0.15) is 57.6 Å². The van der Waals surface area contributed by atoms with Crippen LogP contribution in [0.5, 0.6) is 11.5 Å². The molecule has 0 saturated heterocycles. The van der Waals surface area contributed by atoms with Gasteiger partial charge in [-0.15, -0.1) is 0 Å². The summed E-state index contributed by atoms with van der Waals surface area (Å²) >= 11 is 6.49. The highest BCUT2D eigenvalue weighted by Gasteiger charge is 2.19. The Morgan fingerprint density at radius 2 is 1.90 bits per heavy atom. The molecule has 7 nitrogen and oxygen atoms in total. The Bertz CT molecular complexity index is 960. The topological polar surface area (TPSA) is 85.0 Å². The van der Waals surface area contributed by atoms with Gasteiger partial charge in [-0.2, -0.15) is 15.4 Å². The van der Waals surface area contributed by atoms with Gasteiger partial charge in [0.05, 0.1) is 19.2 Å². The number of nitrogens with one attached hydrogen (secondary N) is 2. The van der Waals surface area contributed by atoms with Crippen molar-refractivity contribution in [3.63, 3.8) is 0 Å². The van der Waals surface area contributed by atoms with Gasteiger partial charge < -0.3 is 14.8 Å². The maximum Gasteiger partial charge on any atom is 0.161 e. The monoisotopic (exact) mass is 417 g/mol. The van der Waals surface area contributed by atoms with Crippen LogP contribution in [0, 0.1) is 0 Å². The van der Waals surface area contributed by atoms with Crippen molar-refractivity contribution in [2.75, 3.05) is 19.5 Å². The minimum Gasteiger partial charge on any atom is -0.497 e. The molecule has 0 fully saturated rings. The zero-order chi connectivity index (χ0) is 20.8. The molecular formula is C21H28ClN5O2. The number of pyridine rings is 1. The molecule has 2 N–H and O–H groups in total. The number of hydrogen-bond donors (Lipinski definition) is 2. The van der Waals surface area contributed by atoms with Crippen LogP contribution in [0.2, 0.25) is 5.02 Å². The molecule has 0 aliphatic rings. The first-order valence-corrected chi connectivity index (χ1v) is 10.4. The summed E-state index contributed by atoms with van der Waals surface area (Å²) in [6, 6.07) is 5.55. The van der Waals surface area contributed by atoms with Crippen LogP contribution >= 0.6 is 11.6 Å². The number of hydrogen-bond acceptors (Lipinski definition) is 6. The van der Waals surface area contributed by atoms with Crippen LogP contribution in [-0.4, -0.2) is 34.6 Å². The normalized spacial score (nSPS) is 12.2. The molecule has 0 bridgehead atoms. The third kappa shape index (κ3) is 4.72. The van der Waals surface area contributed by atoms with Gasteiger partial charge in [0, 0.05) is 23.7 Å². The molecule has 3 rings (SSSR count). The predicted octanol–water partition coefficient (Wildman–Crippen LogP) is 5.84. The number of ether oxygens (including phenoxy) is 2. The maximum atomic E-state index is 6.49. The Morgan fingerprint density at radius 1 is 1.07 bits per heavy atom. The van der Waals surface area contributed by atoms with Gasteiger partial charge in [0.1, 0.15) is 22.7 Å². The Kier molecular flexibility index (Phi) is 7.14. The number of benzene rings is 1. The molecule has 0 amide bonds. The number of anilines is 2. The molecule has 0 aliphatic heterocycles. The van der Waals surface area contributed by atoms with Gasteiger partial charge in [-0.25, -0.2) is 4.98 Å². The number of unbranched alkanes of at least 4 members (excludes halogenated alkanes) is 1. The number of aromatic nitrogens is 4. The first-order chi connectivity index (χ1) is 14.1. The molecular weight excluding hydrogens is 390 g/mol. The van der Waals surface area contributed by atoms with E-state index in [0.717, 1.165) is 36.9 Å². The van der Waals surface area contributed by atoms with Crippen molar-refractivity contribution in [2.45, 2.75) is 51.9 Å². The maximum absolute atomic E-state index is 6.49. The molecule has 0 spiro atoms. The van der Waals surface area contributed by atoms with Crippen LogP contribution < -0.4 is 14.8 Å². The van der Waals surface area contributed by atoms with E-state index >= 15 is 0 Å². The van der Waals surface area contributed by atoms with Crippen LogP contribution in [-0.2, 0) is 0 Å². The quantitative estimate of drug-likeness (QED) is 0.431. The smallest absolute Gasteiger partial charge is 0.161 e. The summed E-state index contributed by atoms with van der Waals surface area (Å²) in [7, 11) is 3.18. The summed E-state index contributed by atoms with van der Waals surface area (Å²) in [4.78, 5) is 4.92. The molecule has 0 aliphatic carbocycles. The van der Waals surface area contributed by atoms with Crippen LogP contribution in [0.4, 0.5) is 11.5 Å². The van der Waals surface area contributed by atoms with E-state index in [0.29, 0.717) is 39.5 Å². The molecule has 0 saturated carbocycles. The molecule has 2 aromatic heterocycles. The Hall–Kier alpha value is -2.54. The standard InChI is InChI=1S/C21H28ClN5O2/c1-5-7-9-13(8-6-2)16-12-17-20(26-27-25-17)21(23-16)24-19-15(22)10-14(28-3)11-18(19)29-4/h10-13H,5-9H2,1-4H3,(H,23,24)(H,25,26,27). The lowest BCUT2D eigenvalue weighted by Crippen LogP contribution is -2.06. The number of methoxy groups -OCH3 is 2. The first kappa shape index (κ1) is 21.2. The van der Waals surface area contributed by atoms with Crippen LogP contribution in [0.3, 0.4) is 0 Å². The van der Waals surface area contributed by atoms with Gasteiger partial charge in [-0.3, -0.25) is 0 Å². The van der Waals surface area contributed by atoms with E-state index in [9.17, 15) is 0 Å². The highest BCUT2D eigenvalue weighted by atomic mass is 35.5. The number of halogens is 1. The second-order valence-electron chi connectivity index (χ2n) is 7.03. The highest BCUT2D eigenvalue weighted by molar-refractivity contribution is 6.34. The zero-order valence-electron chi connectivity index (χ0n) is 17.4. The summed E-state index contributed by atoms with van der Waals surface area (Å²) in [5.74, 6) is 2.17. The lowest BCUT2D eigenvalue weighted by molar-refractivity contribution is 0.395. The Balaban J connectivity index is 2.04. The minimum absolute atomic E-state index is 0.384. The molecule has 8 heteroatoms. The lowest BCUT2D eigenvalue weighted by Gasteiger charge is -2.18. The van der Waals surface area contributed by atoms with E-state index < -0.39 is 0 Å². The first-order valence-electron chi connectivity index (χ1n) is 10.0. The molecule has 29 heavy (non-hydrogen) atoms. The Morgan fingerprint density at radius 3 is 2.59 bits per heavy atom. The summed E-state index contributed by atoms with van der Waals surface area (Å²) in [6.45, 7) is 4.41. The predicted molar refractivity (Wildman–Crippen MR) is 117 cm³/mol. The van der Waals surface area contributed by atoms with Gasteiger partial charge in [-0.05, 0) is 18.9 Å². The van der Waals surface area contributed by atoms with Gasteiger partial charge >= 0.3 is 0 Å². The van der Waals surface area contributed by atoms with Crippen molar-refractivity contribution < 1.29 is 9.47 Å². The molecule has 3 aromatic rings. The summed E-state index contributed by atoms with van der Waals surface area (Å²) in [6.07, 6.45) is 5.63. The summed E-state index contributed by atoms with van der Waals surface area (Å²) in [5, 5.41) is 15.1. The lowest BCUT2D eigenvalue weighted by atomic mass is 9.93.